The van der Waals surface area contributed by atoms with Gasteiger partial charge in [-0.15, -0.1) is 0 Å². The number of pyridine rings is 1. The third kappa shape index (κ3) is 1.92. The Balaban J connectivity index is 2.14. The van der Waals surface area contributed by atoms with E-state index in [1.165, 1.54) is 0 Å². The molecule has 1 saturated carbocycles. The molecule has 1 aliphatic heterocycles. The van der Waals surface area contributed by atoms with E-state index in [2.05, 4.69) is 23.4 Å². The Kier molecular flexibility index (Phi) is 2.86. The van der Waals surface area contributed by atoms with Crippen LogP contribution in [0, 0.1) is 0 Å². The molecule has 0 unspecified atom stereocenters. The molecule has 0 radical (unpaired) electrons. The van der Waals surface area contributed by atoms with E-state index < -0.39 is 5.60 Å². The minimum absolute atomic E-state index is 0.352. The van der Waals surface area contributed by atoms with Crippen molar-refractivity contribution in [3.05, 3.63) is 35.3 Å². The van der Waals surface area contributed by atoms with E-state index in [0.717, 1.165) is 41.0 Å². The third-order valence-corrected chi connectivity index (χ3v) is 4.84. The van der Waals surface area contributed by atoms with Crippen molar-refractivity contribution in [1.82, 2.24) is 9.55 Å². The number of primary amides is 1. The van der Waals surface area contributed by atoms with Gasteiger partial charge in [0.05, 0.1) is 11.9 Å². The Morgan fingerprint density at radius 3 is 2.83 bits per heavy atom. The summed E-state index contributed by atoms with van der Waals surface area (Å²) in [5.41, 5.74) is 10.2. The first-order valence-electron chi connectivity index (χ1n) is 8.15. The van der Waals surface area contributed by atoms with Gasteiger partial charge in [-0.05, 0) is 51.2 Å². The highest BCUT2D eigenvalue weighted by Crippen LogP contribution is 2.54. The van der Waals surface area contributed by atoms with Gasteiger partial charge in [0.15, 0.2) is 0 Å². The molecule has 3 heterocycles. The smallest absolute Gasteiger partial charge is 0.265 e. The Morgan fingerprint density at radius 2 is 2.22 bits per heavy atom. The minimum atomic E-state index is -0.506. The Bertz CT molecular complexity index is 816. The number of rotatable bonds is 3. The van der Waals surface area contributed by atoms with Crippen molar-refractivity contribution in [2.24, 2.45) is 5.73 Å². The molecule has 2 aliphatic rings. The summed E-state index contributed by atoms with van der Waals surface area (Å²) in [4.78, 5) is 16.4. The van der Waals surface area contributed by atoms with Crippen molar-refractivity contribution in [2.45, 2.75) is 51.7 Å². The lowest BCUT2D eigenvalue weighted by molar-refractivity contribution is 0.0990. The Morgan fingerprint density at radius 1 is 1.48 bits per heavy atom. The minimum Gasteiger partial charge on any atom is -0.481 e. The van der Waals surface area contributed by atoms with Gasteiger partial charge in [-0.3, -0.25) is 9.78 Å². The van der Waals surface area contributed by atoms with E-state index in [1.54, 1.807) is 12.4 Å². The first kappa shape index (κ1) is 14.3. The molecule has 5 heteroatoms. The van der Waals surface area contributed by atoms with Crippen LogP contribution in [0.2, 0.25) is 0 Å². The molecular weight excluding hydrogens is 290 g/mol. The summed E-state index contributed by atoms with van der Waals surface area (Å²) >= 11 is 0. The lowest BCUT2D eigenvalue weighted by atomic mass is 9.86. The summed E-state index contributed by atoms with van der Waals surface area (Å²) < 4.78 is 8.29. The summed E-state index contributed by atoms with van der Waals surface area (Å²) in [6.07, 6.45) is 5.73. The molecule has 0 atom stereocenters. The summed E-state index contributed by atoms with van der Waals surface area (Å²) in [7, 11) is 0. The molecule has 1 aliphatic carbocycles. The maximum absolute atomic E-state index is 12.2. The number of ether oxygens (including phenoxy) is 1. The first-order valence-corrected chi connectivity index (χ1v) is 8.15. The molecule has 0 saturated heterocycles. The van der Waals surface area contributed by atoms with Gasteiger partial charge < -0.3 is 15.0 Å². The van der Waals surface area contributed by atoms with Crippen LogP contribution in [0.3, 0.4) is 0 Å². The van der Waals surface area contributed by atoms with E-state index in [4.69, 9.17) is 10.5 Å². The van der Waals surface area contributed by atoms with E-state index in [-0.39, 0.29) is 5.91 Å². The Hall–Kier alpha value is -2.30. The van der Waals surface area contributed by atoms with Gasteiger partial charge in [-0.1, -0.05) is 0 Å². The Labute approximate surface area is 135 Å². The SMILES string of the molecule is CCn1c(C(N)=O)c(C2CC2)c2c1-c1ccncc1OC2(C)C. The lowest BCUT2D eigenvalue weighted by Crippen LogP contribution is -2.30. The van der Waals surface area contributed by atoms with Crippen LogP contribution in [-0.4, -0.2) is 15.5 Å². The van der Waals surface area contributed by atoms with Crippen LogP contribution in [-0.2, 0) is 12.1 Å². The average molecular weight is 311 g/mol. The van der Waals surface area contributed by atoms with Gasteiger partial charge in [-0.25, -0.2) is 0 Å². The van der Waals surface area contributed by atoms with Crippen LogP contribution in [0.25, 0.3) is 11.3 Å². The zero-order valence-electron chi connectivity index (χ0n) is 13.7. The summed E-state index contributed by atoms with van der Waals surface area (Å²) in [5, 5.41) is 0. The molecular formula is C18H21N3O2. The van der Waals surface area contributed by atoms with Crippen LogP contribution >= 0.6 is 0 Å². The van der Waals surface area contributed by atoms with Crippen molar-refractivity contribution in [1.29, 1.82) is 0 Å². The molecule has 0 bridgehead atoms. The zero-order valence-corrected chi connectivity index (χ0v) is 13.7. The number of hydrogen-bond acceptors (Lipinski definition) is 3. The number of amides is 1. The quantitative estimate of drug-likeness (QED) is 0.946. The number of hydrogen-bond donors (Lipinski definition) is 1. The summed E-state index contributed by atoms with van der Waals surface area (Å²) in [5.74, 6) is 0.829. The molecule has 0 aromatic carbocycles. The molecule has 0 spiro atoms. The predicted molar refractivity (Wildman–Crippen MR) is 87.5 cm³/mol. The molecule has 2 N–H and O–H groups in total. The fraction of sp³-hybridized carbons (Fsp3) is 0.444. The number of aromatic nitrogens is 2. The maximum Gasteiger partial charge on any atom is 0.265 e. The van der Waals surface area contributed by atoms with Crippen molar-refractivity contribution in [3.63, 3.8) is 0 Å². The molecule has 5 nitrogen and oxygen atoms in total. The maximum atomic E-state index is 12.2. The highest BCUT2D eigenvalue weighted by atomic mass is 16.5. The van der Waals surface area contributed by atoms with Crippen LogP contribution in [0.1, 0.15) is 61.1 Å². The van der Waals surface area contributed by atoms with Crippen LogP contribution in [0.5, 0.6) is 5.75 Å². The average Bonchev–Trinajstić information content (AvgIpc) is 3.26. The van der Waals surface area contributed by atoms with Gasteiger partial charge in [0.1, 0.15) is 17.0 Å². The second-order valence-corrected chi connectivity index (χ2v) is 6.85. The fourth-order valence-electron chi connectivity index (χ4n) is 3.86. The molecule has 23 heavy (non-hydrogen) atoms. The van der Waals surface area contributed by atoms with Crippen molar-refractivity contribution >= 4 is 5.91 Å². The van der Waals surface area contributed by atoms with Gasteiger partial charge in [0.25, 0.3) is 5.91 Å². The molecule has 2 aromatic rings. The lowest BCUT2D eigenvalue weighted by Gasteiger charge is -2.34. The molecule has 1 fully saturated rings. The molecule has 2 aromatic heterocycles. The number of fused-ring (bicyclic) bond motifs is 3. The zero-order chi connectivity index (χ0) is 16.4. The first-order chi connectivity index (χ1) is 11.0. The second kappa shape index (κ2) is 4.60. The highest BCUT2D eigenvalue weighted by Gasteiger charge is 2.44. The monoisotopic (exact) mass is 311 g/mol. The van der Waals surface area contributed by atoms with Crippen molar-refractivity contribution < 1.29 is 9.53 Å². The van der Waals surface area contributed by atoms with E-state index in [9.17, 15) is 4.79 Å². The topological polar surface area (TPSA) is 70.1 Å². The van der Waals surface area contributed by atoms with Gasteiger partial charge in [-0.2, -0.15) is 0 Å². The molecule has 4 rings (SSSR count). The van der Waals surface area contributed by atoms with Crippen LogP contribution in [0.4, 0.5) is 0 Å². The highest BCUT2D eigenvalue weighted by molar-refractivity contribution is 5.96. The fourth-order valence-corrected chi connectivity index (χ4v) is 3.86. The van der Waals surface area contributed by atoms with Crippen LogP contribution < -0.4 is 10.5 Å². The second-order valence-electron chi connectivity index (χ2n) is 6.85. The van der Waals surface area contributed by atoms with Crippen molar-refractivity contribution in [2.75, 3.05) is 0 Å². The van der Waals surface area contributed by atoms with E-state index in [1.807, 2.05) is 13.0 Å². The normalized spacial score (nSPS) is 18.0. The molecule has 1 amide bonds. The third-order valence-electron chi connectivity index (χ3n) is 4.84. The number of nitrogens with two attached hydrogens (primary N) is 1. The van der Waals surface area contributed by atoms with Crippen molar-refractivity contribution in [3.8, 4) is 17.0 Å². The van der Waals surface area contributed by atoms with Gasteiger partial charge in [0.2, 0.25) is 0 Å². The number of carbonyl (C=O) groups excluding carboxylic acids is 1. The van der Waals surface area contributed by atoms with Gasteiger partial charge >= 0.3 is 0 Å². The van der Waals surface area contributed by atoms with Gasteiger partial charge in [0, 0.05) is 23.9 Å². The number of nitrogens with zero attached hydrogens (tertiary/aromatic N) is 2. The van der Waals surface area contributed by atoms with Crippen LogP contribution in [0.15, 0.2) is 18.5 Å². The summed E-state index contributed by atoms with van der Waals surface area (Å²) in [6.45, 7) is 6.86. The van der Waals surface area contributed by atoms with E-state index in [0.29, 0.717) is 18.2 Å². The standard InChI is InChI=1S/C18H21N3O2/c1-4-21-15-11-7-8-20-9-12(11)23-18(2,3)14(15)13(10-5-6-10)16(21)17(19)22/h7-10H,4-6H2,1-3H3,(H2,19,22). The predicted octanol–water partition coefficient (Wildman–Crippen LogP) is 3.17. The molecule has 120 valence electrons. The van der Waals surface area contributed by atoms with E-state index >= 15 is 0 Å². The largest absolute Gasteiger partial charge is 0.481 e. The number of carbonyl (C=O) groups is 1. The summed E-state index contributed by atoms with van der Waals surface area (Å²) in [6, 6.07) is 1.96.